The summed E-state index contributed by atoms with van der Waals surface area (Å²) < 4.78 is 39.6. The van der Waals surface area contributed by atoms with E-state index < -0.39 is 5.82 Å². The van der Waals surface area contributed by atoms with Crippen molar-refractivity contribution in [3.8, 4) is 11.5 Å². The average molecular weight is 887 g/mol. The maximum atomic E-state index is 13.8. The predicted molar refractivity (Wildman–Crippen MR) is 243 cm³/mol. The van der Waals surface area contributed by atoms with E-state index in [1.54, 1.807) is 44.1 Å². The number of aliphatic hydroxyl groups is 1. The summed E-state index contributed by atoms with van der Waals surface area (Å²) in [6, 6.07) is 8.63. The number of hydrogen-bond acceptors (Lipinski definition) is 17. The van der Waals surface area contributed by atoms with Gasteiger partial charge in [0.15, 0.2) is 5.82 Å². The molecule has 4 aliphatic rings. The predicted octanol–water partition coefficient (Wildman–Crippen LogP) is 5.83. The zero-order valence-corrected chi connectivity index (χ0v) is 36.6. The number of aryl methyl sites for hydroxylation is 1. The van der Waals surface area contributed by atoms with Crippen LogP contribution in [-0.4, -0.2) is 128 Å². The Balaban J connectivity index is 0.849. The van der Waals surface area contributed by atoms with E-state index in [2.05, 4.69) is 64.2 Å². The van der Waals surface area contributed by atoms with Crippen molar-refractivity contribution in [1.82, 2.24) is 39.9 Å². The molecule has 10 rings (SSSR count). The normalized spacial score (nSPS) is 22.8. The van der Waals surface area contributed by atoms with Gasteiger partial charge >= 0.3 is 0 Å². The third-order valence-electron chi connectivity index (χ3n) is 13.0. The van der Waals surface area contributed by atoms with Crippen LogP contribution in [0, 0.1) is 12.7 Å². The number of halogens is 1. The number of morpholine rings is 2. The molecule has 4 fully saturated rings. The van der Waals surface area contributed by atoms with Crippen molar-refractivity contribution in [2.45, 2.75) is 95.2 Å². The molecule has 6 heterocycles. The van der Waals surface area contributed by atoms with Crippen molar-refractivity contribution < 1.29 is 28.4 Å². The number of nitrogens with zero attached hydrogens (tertiary/aromatic N) is 11. The highest BCUT2D eigenvalue weighted by molar-refractivity contribution is 5.86. The first kappa shape index (κ1) is 42.8. The number of fused-ring (bicyclic) bond motifs is 2. The van der Waals surface area contributed by atoms with Crippen LogP contribution in [0.15, 0.2) is 67.6 Å². The maximum absolute atomic E-state index is 13.8. The maximum Gasteiger partial charge on any atom is 0.227 e. The van der Waals surface area contributed by atoms with E-state index in [1.807, 2.05) is 0 Å². The summed E-state index contributed by atoms with van der Waals surface area (Å²) >= 11 is 0. The number of aromatic nitrogens is 8. The fraction of sp³-hybridized carbons (Fsp3) is 0.489. The molecule has 0 spiro atoms. The van der Waals surface area contributed by atoms with E-state index in [0.717, 1.165) is 109 Å². The van der Waals surface area contributed by atoms with Crippen molar-refractivity contribution in [3.63, 3.8) is 0 Å². The lowest BCUT2D eigenvalue weighted by atomic mass is 9.91. The quantitative estimate of drug-likeness (QED) is 0.141. The lowest BCUT2D eigenvalue weighted by molar-refractivity contribution is 0.0258. The molecule has 4 aromatic heterocycles. The van der Waals surface area contributed by atoms with Crippen LogP contribution < -0.4 is 29.5 Å². The standard InChI is InChI=1S/C47H55FN12O5/c1-30-38(48)28-53-46(56-30)57-32-2-6-36(7-3-32)64-42-25-35(23-40-45(42)52-14-12-50-40)59-17-21-63-43(29-59)60(47-54-26-31(10-18-61)27-55-47)33-4-8-37(9-5-33)65-41-24-34(58-15-19-62-20-16-58)22-39-44(41)51-13-11-49-39/h11-14,22-28,32-33,36-37,43,61H,2-10,15-21,29H2,1H3,(H,53,56,57)/t32-,33-,36+,37+,43?. The van der Waals surface area contributed by atoms with Gasteiger partial charge in [-0.1, -0.05) is 0 Å². The number of ether oxygens (including phenoxy) is 4. The molecule has 17 nitrogen and oxygen atoms in total. The van der Waals surface area contributed by atoms with Crippen molar-refractivity contribution in [3.05, 3.63) is 84.7 Å². The number of hydrogen-bond donors (Lipinski definition) is 2. The van der Waals surface area contributed by atoms with Crippen LogP contribution in [-0.2, 0) is 15.9 Å². The molecule has 18 heteroatoms. The Kier molecular flexibility index (Phi) is 12.9. The van der Waals surface area contributed by atoms with E-state index in [1.165, 1.54) is 6.20 Å². The zero-order chi connectivity index (χ0) is 44.1. The third-order valence-corrected chi connectivity index (χ3v) is 13.0. The second kappa shape index (κ2) is 19.6. The molecule has 2 aromatic carbocycles. The fourth-order valence-corrected chi connectivity index (χ4v) is 9.55. The molecule has 65 heavy (non-hydrogen) atoms. The van der Waals surface area contributed by atoms with Crippen LogP contribution >= 0.6 is 0 Å². The van der Waals surface area contributed by atoms with Gasteiger partial charge in [-0.3, -0.25) is 9.97 Å². The Morgan fingerprint density at radius 2 is 1.32 bits per heavy atom. The van der Waals surface area contributed by atoms with Crippen molar-refractivity contribution in [2.75, 3.05) is 72.6 Å². The summed E-state index contributed by atoms with van der Waals surface area (Å²) in [5.41, 5.74) is 6.31. The summed E-state index contributed by atoms with van der Waals surface area (Å²) in [5.74, 6) is 2.09. The molecule has 0 amide bonds. The average Bonchev–Trinajstić information content (AvgIpc) is 3.35. The zero-order valence-electron chi connectivity index (χ0n) is 36.6. The molecule has 1 unspecified atom stereocenters. The van der Waals surface area contributed by atoms with Crippen molar-refractivity contribution in [1.29, 1.82) is 0 Å². The van der Waals surface area contributed by atoms with Gasteiger partial charge in [-0.15, -0.1) is 0 Å². The van der Waals surface area contributed by atoms with Crippen LogP contribution in [0.1, 0.15) is 62.6 Å². The first-order valence-corrected chi connectivity index (χ1v) is 22.9. The SMILES string of the molecule is Cc1nc(N[C@H]2CC[C@@H](Oc3cc(N4CCOC(N(c5ncc(CCO)cn5)[C@H]5CC[C@@H](Oc6cc(N7CCOCC7)cc7nccnc67)CC5)C4)cc4nccnc34)CC2)ncc1F. The lowest BCUT2D eigenvalue weighted by Gasteiger charge is -2.45. The molecule has 340 valence electrons. The second-order valence-electron chi connectivity index (χ2n) is 17.3. The first-order valence-electron chi connectivity index (χ1n) is 22.9. The molecule has 2 aliphatic heterocycles. The fourth-order valence-electron chi connectivity index (χ4n) is 9.55. The van der Waals surface area contributed by atoms with E-state index in [4.69, 9.17) is 38.9 Å². The number of benzene rings is 2. The molecule has 0 bridgehead atoms. The van der Waals surface area contributed by atoms with Crippen molar-refractivity contribution in [2.24, 2.45) is 0 Å². The summed E-state index contributed by atoms with van der Waals surface area (Å²) in [7, 11) is 0. The summed E-state index contributed by atoms with van der Waals surface area (Å²) in [6.45, 7) is 6.42. The van der Waals surface area contributed by atoms with Gasteiger partial charge in [0.1, 0.15) is 28.8 Å². The number of rotatable bonds is 13. The first-order chi connectivity index (χ1) is 31.9. The summed E-state index contributed by atoms with van der Waals surface area (Å²) in [6.07, 6.45) is 18.5. The number of nitrogens with one attached hydrogen (secondary N) is 1. The van der Waals surface area contributed by atoms with Gasteiger partial charge in [-0.2, -0.15) is 0 Å². The largest absolute Gasteiger partial charge is 0.488 e. The summed E-state index contributed by atoms with van der Waals surface area (Å²) in [5, 5.41) is 13.0. The Labute approximate surface area is 376 Å². The van der Waals surface area contributed by atoms with Crippen LogP contribution in [0.25, 0.3) is 22.1 Å². The van der Waals surface area contributed by atoms with Gasteiger partial charge in [-0.25, -0.2) is 34.3 Å². The Morgan fingerprint density at radius 1 is 0.723 bits per heavy atom. The Morgan fingerprint density at radius 3 is 1.95 bits per heavy atom. The van der Waals surface area contributed by atoms with Crippen LogP contribution in [0.4, 0.5) is 27.7 Å². The van der Waals surface area contributed by atoms with Gasteiger partial charge < -0.3 is 44.1 Å². The van der Waals surface area contributed by atoms with Crippen LogP contribution in [0.3, 0.4) is 0 Å². The van der Waals surface area contributed by atoms with Gasteiger partial charge in [0, 0.05) is 99.0 Å². The van der Waals surface area contributed by atoms with Gasteiger partial charge in [-0.05, 0) is 82.4 Å². The monoisotopic (exact) mass is 886 g/mol. The number of anilines is 4. The highest BCUT2D eigenvalue weighted by Gasteiger charge is 2.37. The van der Waals surface area contributed by atoms with Crippen molar-refractivity contribution >= 4 is 45.3 Å². The van der Waals surface area contributed by atoms with Crippen LogP contribution in [0.2, 0.25) is 0 Å². The minimum atomic E-state index is -0.411. The molecule has 2 saturated heterocycles. The molecule has 2 aliphatic carbocycles. The lowest BCUT2D eigenvalue weighted by Crippen LogP contribution is -2.56. The van der Waals surface area contributed by atoms with E-state index in [-0.39, 0.29) is 37.1 Å². The molecular formula is C47H55FN12O5. The topological polar surface area (TPSA) is 182 Å². The summed E-state index contributed by atoms with van der Waals surface area (Å²) in [4.78, 5) is 43.8. The molecule has 2 saturated carbocycles. The van der Waals surface area contributed by atoms with E-state index >= 15 is 0 Å². The number of aliphatic hydroxyl groups excluding tert-OH is 1. The molecular weight excluding hydrogens is 832 g/mol. The smallest absolute Gasteiger partial charge is 0.227 e. The molecule has 1 atom stereocenters. The van der Waals surface area contributed by atoms with E-state index in [0.29, 0.717) is 62.7 Å². The van der Waals surface area contributed by atoms with Gasteiger partial charge in [0.25, 0.3) is 0 Å². The Hall–Kier alpha value is -6.11. The highest BCUT2D eigenvalue weighted by atomic mass is 19.1. The molecule has 6 aromatic rings. The minimum Gasteiger partial charge on any atom is -0.488 e. The van der Waals surface area contributed by atoms with Crippen LogP contribution in [0.5, 0.6) is 11.5 Å². The molecule has 0 radical (unpaired) electrons. The highest BCUT2D eigenvalue weighted by Crippen LogP contribution is 2.37. The van der Waals surface area contributed by atoms with Gasteiger partial charge in [0.2, 0.25) is 11.9 Å². The minimum absolute atomic E-state index is 0.00797. The Bertz CT molecular complexity index is 2550. The molecule has 2 N–H and O–H groups in total. The van der Waals surface area contributed by atoms with Gasteiger partial charge in [0.05, 0.1) is 61.5 Å². The van der Waals surface area contributed by atoms with E-state index in [9.17, 15) is 9.50 Å². The second-order valence-corrected chi connectivity index (χ2v) is 17.3. The third kappa shape index (κ3) is 9.79.